The summed E-state index contributed by atoms with van der Waals surface area (Å²) in [5.74, 6) is -1.89. The SMILES string of the molecule is CCOC(=O)C1(C(=O)OCC)CC[C@H](CO)[C@H]1c1ccc(Cl)cc1. The molecule has 0 aromatic heterocycles. The summed E-state index contributed by atoms with van der Waals surface area (Å²) in [7, 11) is 0. The van der Waals surface area contributed by atoms with E-state index in [1.54, 1.807) is 38.1 Å². The Labute approximate surface area is 146 Å². The number of esters is 2. The second-order valence-electron chi connectivity index (χ2n) is 5.92. The normalized spacial score (nSPS) is 22.2. The van der Waals surface area contributed by atoms with E-state index in [9.17, 15) is 14.7 Å². The van der Waals surface area contributed by atoms with Crippen molar-refractivity contribution in [2.75, 3.05) is 19.8 Å². The standard InChI is InChI=1S/C18H23ClO5/c1-3-23-16(21)18(17(22)24-4-2)10-9-13(11-20)15(18)12-5-7-14(19)8-6-12/h5-8,13,15,20H,3-4,9-11H2,1-2H3/t13-,15-/m1/s1. The quantitative estimate of drug-likeness (QED) is 0.628. The maximum absolute atomic E-state index is 12.8. The molecule has 0 spiro atoms. The minimum atomic E-state index is -1.42. The van der Waals surface area contributed by atoms with Gasteiger partial charge >= 0.3 is 11.9 Å². The molecule has 1 aliphatic carbocycles. The van der Waals surface area contributed by atoms with Crippen molar-refractivity contribution in [3.05, 3.63) is 34.9 Å². The first-order valence-electron chi connectivity index (χ1n) is 8.22. The van der Waals surface area contributed by atoms with E-state index in [-0.39, 0.29) is 25.7 Å². The molecular formula is C18H23ClO5. The monoisotopic (exact) mass is 354 g/mol. The van der Waals surface area contributed by atoms with Crippen LogP contribution in [0.2, 0.25) is 5.02 Å². The minimum absolute atomic E-state index is 0.117. The zero-order valence-electron chi connectivity index (χ0n) is 14.0. The first kappa shape index (κ1) is 18.7. The lowest BCUT2D eigenvalue weighted by Crippen LogP contribution is -2.45. The molecule has 1 saturated carbocycles. The van der Waals surface area contributed by atoms with E-state index in [4.69, 9.17) is 21.1 Å². The van der Waals surface area contributed by atoms with Crippen molar-refractivity contribution in [2.45, 2.75) is 32.6 Å². The van der Waals surface area contributed by atoms with Gasteiger partial charge in [0.2, 0.25) is 0 Å². The van der Waals surface area contributed by atoms with Gasteiger partial charge in [-0.1, -0.05) is 23.7 Å². The molecule has 0 bridgehead atoms. The molecule has 2 rings (SSSR count). The molecule has 6 heteroatoms. The molecule has 5 nitrogen and oxygen atoms in total. The maximum Gasteiger partial charge on any atom is 0.324 e. The number of hydrogen-bond acceptors (Lipinski definition) is 5. The molecule has 1 aromatic rings. The van der Waals surface area contributed by atoms with Crippen LogP contribution in [0.1, 0.15) is 38.2 Å². The van der Waals surface area contributed by atoms with Crippen LogP contribution in [0.4, 0.5) is 0 Å². The molecule has 132 valence electrons. The second-order valence-corrected chi connectivity index (χ2v) is 6.36. The molecule has 0 saturated heterocycles. The number of ether oxygens (including phenoxy) is 2. The van der Waals surface area contributed by atoms with Crippen molar-refractivity contribution in [1.29, 1.82) is 0 Å². The second kappa shape index (κ2) is 7.99. The summed E-state index contributed by atoms with van der Waals surface area (Å²) in [6.45, 7) is 3.64. The third kappa shape index (κ3) is 3.28. The van der Waals surface area contributed by atoms with E-state index >= 15 is 0 Å². The van der Waals surface area contributed by atoms with E-state index in [1.165, 1.54) is 0 Å². The van der Waals surface area contributed by atoms with Gasteiger partial charge in [0.1, 0.15) is 0 Å². The fourth-order valence-corrected chi connectivity index (χ4v) is 3.75. The van der Waals surface area contributed by atoms with Gasteiger partial charge in [-0.2, -0.15) is 0 Å². The molecular weight excluding hydrogens is 332 g/mol. The summed E-state index contributed by atoms with van der Waals surface area (Å²) in [4.78, 5) is 25.5. The Hall–Kier alpha value is -1.59. The predicted molar refractivity (Wildman–Crippen MR) is 89.7 cm³/mol. The van der Waals surface area contributed by atoms with Crippen LogP contribution >= 0.6 is 11.6 Å². The molecule has 1 N–H and O–H groups in total. The third-order valence-electron chi connectivity index (χ3n) is 4.65. The molecule has 0 heterocycles. The smallest absolute Gasteiger partial charge is 0.324 e. The summed E-state index contributed by atoms with van der Waals surface area (Å²) in [6.07, 6.45) is 0.838. The molecule has 0 aliphatic heterocycles. The summed E-state index contributed by atoms with van der Waals surface area (Å²) >= 11 is 5.95. The van der Waals surface area contributed by atoms with Crippen molar-refractivity contribution in [3.8, 4) is 0 Å². The van der Waals surface area contributed by atoms with Crippen LogP contribution in [0.25, 0.3) is 0 Å². The molecule has 1 aromatic carbocycles. The number of hydrogen-bond donors (Lipinski definition) is 1. The van der Waals surface area contributed by atoms with Crippen molar-refractivity contribution in [1.82, 2.24) is 0 Å². The van der Waals surface area contributed by atoms with Crippen molar-refractivity contribution < 1.29 is 24.2 Å². The van der Waals surface area contributed by atoms with Gasteiger partial charge in [0.25, 0.3) is 0 Å². The first-order valence-corrected chi connectivity index (χ1v) is 8.59. The van der Waals surface area contributed by atoms with E-state index in [0.717, 1.165) is 5.56 Å². The summed E-state index contributed by atoms with van der Waals surface area (Å²) in [5.41, 5.74) is -0.648. The van der Waals surface area contributed by atoms with Gasteiger partial charge in [0.15, 0.2) is 5.41 Å². The van der Waals surface area contributed by atoms with Crippen LogP contribution < -0.4 is 0 Å². The number of rotatable bonds is 6. The van der Waals surface area contributed by atoms with Crippen LogP contribution in [-0.4, -0.2) is 36.9 Å². The van der Waals surface area contributed by atoms with Crippen molar-refractivity contribution in [3.63, 3.8) is 0 Å². The highest BCUT2D eigenvalue weighted by Gasteiger charge is 2.61. The van der Waals surface area contributed by atoms with E-state index < -0.39 is 23.3 Å². The predicted octanol–water partition coefficient (Wildman–Crippen LogP) is 2.94. The third-order valence-corrected chi connectivity index (χ3v) is 4.91. The summed E-state index contributed by atoms with van der Waals surface area (Å²) in [5, 5.41) is 10.3. The van der Waals surface area contributed by atoms with Crippen LogP contribution in [0.5, 0.6) is 0 Å². The Morgan fingerprint density at radius 1 is 1.17 bits per heavy atom. The molecule has 2 atom stereocenters. The Bertz CT molecular complexity index is 566. The van der Waals surface area contributed by atoms with Gasteiger partial charge in [-0.25, -0.2) is 0 Å². The highest BCUT2D eigenvalue weighted by molar-refractivity contribution is 6.30. The number of aliphatic hydroxyl groups excluding tert-OH is 1. The molecule has 0 unspecified atom stereocenters. The lowest BCUT2D eigenvalue weighted by molar-refractivity contribution is -0.173. The summed E-state index contributed by atoms with van der Waals surface area (Å²) < 4.78 is 10.4. The first-order chi connectivity index (χ1) is 11.5. The zero-order valence-corrected chi connectivity index (χ0v) is 14.7. The van der Waals surface area contributed by atoms with E-state index in [0.29, 0.717) is 17.9 Å². The molecule has 24 heavy (non-hydrogen) atoms. The molecule has 0 amide bonds. The van der Waals surface area contributed by atoms with Crippen molar-refractivity contribution >= 4 is 23.5 Å². The Kier molecular flexibility index (Phi) is 6.24. The van der Waals surface area contributed by atoms with Gasteiger partial charge in [0.05, 0.1) is 13.2 Å². The van der Waals surface area contributed by atoms with E-state index in [1.807, 2.05) is 0 Å². The van der Waals surface area contributed by atoms with Crippen LogP contribution in [0.15, 0.2) is 24.3 Å². The van der Waals surface area contributed by atoms with E-state index in [2.05, 4.69) is 0 Å². The van der Waals surface area contributed by atoms with Gasteiger partial charge in [-0.15, -0.1) is 0 Å². The maximum atomic E-state index is 12.8. The molecule has 1 fully saturated rings. The van der Waals surface area contributed by atoms with Crippen molar-refractivity contribution in [2.24, 2.45) is 11.3 Å². The van der Waals surface area contributed by atoms with Crippen LogP contribution in [0, 0.1) is 11.3 Å². The Balaban J connectivity index is 2.54. The molecule has 1 aliphatic rings. The minimum Gasteiger partial charge on any atom is -0.465 e. The van der Waals surface area contributed by atoms with Gasteiger partial charge in [-0.3, -0.25) is 9.59 Å². The highest BCUT2D eigenvalue weighted by Crippen LogP contribution is 2.54. The molecule has 0 radical (unpaired) electrons. The fraction of sp³-hybridized carbons (Fsp3) is 0.556. The highest BCUT2D eigenvalue weighted by atomic mass is 35.5. The largest absolute Gasteiger partial charge is 0.465 e. The number of aliphatic hydroxyl groups is 1. The van der Waals surface area contributed by atoms with Crippen LogP contribution in [-0.2, 0) is 19.1 Å². The Morgan fingerprint density at radius 2 is 1.71 bits per heavy atom. The number of benzene rings is 1. The number of carbonyl (C=O) groups excluding carboxylic acids is 2. The van der Waals surface area contributed by atoms with Crippen LogP contribution in [0.3, 0.4) is 0 Å². The zero-order chi connectivity index (χ0) is 17.7. The van der Waals surface area contributed by atoms with Gasteiger partial charge < -0.3 is 14.6 Å². The Morgan fingerprint density at radius 3 is 2.17 bits per heavy atom. The lowest BCUT2D eigenvalue weighted by Gasteiger charge is -2.33. The lowest BCUT2D eigenvalue weighted by atomic mass is 9.71. The van der Waals surface area contributed by atoms with Gasteiger partial charge in [-0.05, 0) is 50.3 Å². The average Bonchev–Trinajstić information content (AvgIpc) is 2.96. The number of halogens is 1. The topological polar surface area (TPSA) is 72.8 Å². The average molecular weight is 355 g/mol. The summed E-state index contributed by atoms with van der Waals surface area (Å²) in [6, 6.07) is 7.00. The number of carbonyl (C=O) groups is 2. The van der Waals surface area contributed by atoms with Gasteiger partial charge in [0, 0.05) is 17.5 Å². The fourth-order valence-electron chi connectivity index (χ4n) is 3.62.